The number of hydrogen-bond donors (Lipinski definition) is 3. The molecule has 0 saturated carbocycles. The molecule has 8 heteroatoms. The number of carbonyl (C=O) groups is 2. The Balaban J connectivity index is 2.01. The fraction of sp³-hybridized carbons (Fsp3) is 0.188. The second kappa shape index (κ2) is 7.41. The number of nitrogens with two attached hydrogens (primary N) is 1. The van der Waals surface area contributed by atoms with E-state index >= 15 is 0 Å². The van der Waals surface area contributed by atoms with E-state index in [0.717, 1.165) is 16.2 Å². The van der Waals surface area contributed by atoms with Crippen LogP contribution in [-0.4, -0.2) is 16.9 Å². The molecule has 2 aromatic rings. The van der Waals surface area contributed by atoms with Crippen LogP contribution in [0.25, 0.3) is 6.08 Å². The SMILES string of the molecule is Cc1ccc(C=CC(=O)NC(=S)Nc2sc(C)c(C)c2C(N)=O)o1. The van der Waals surface area contributed by atoms with E-state index in [2.05, 4.69) is 10.6 Å². The third-order valence-corrected chi connectivity index (χ3v) is 4.58. The number of anilines is 1. The van der Waals surface area contributed by atoms with E-state index in [4.69, 9.17) is 22.4 Å². The molecule has 126 valence electrons. The molecule has 2 rings (SSSR count). The van der Waals surface area contributed by atoms with Crippen LogP contribution in [0.4, 0.5) is 5.00 Å². The van der Waals surface area contributed by atoms with Crippen molar-refractivity contribution in [3.63, 3.8) is 0 Å². The highest BCUT2D eigenvalue weighted by molar-refractivity contribution is 7.80. The van der Waals surface area contributed by atoms with Crippen LogP contribution < -0.4 is 16.4 Å². The summed E-state index contributed by atoms with van der Waals surface area (Å²) < 4.78 is 5.33. The third-order valence-electron chi connectivity index (χ3n) is 3.26. The Morgan fingerprint density at radius 2 is 2.00 bits per heavy atom. The van der Waals surface area contributed by atoms with Gasteiger partial charge in [0.05, 0.1) is 5.56 Å². The predicted octanol–water partition coefficient (Wildman–Crippen LogP) is 2.89. The number of rotatable bonds is 4. The smallest absolute Gasteiger partial charge is 0.251 e. The van der Waals surface area contributed by atoms with Crippen molar-refractivity contribution < 1.29 is 14.0 Å². The van der Waals surface area contributed by atoms with E-state index in [1.807, 2.05) is 20.8 Å². The summed E-state index contributed by atoms with van der Waals surface area (Å²) in [5, 5.41) is 5.96. The number of thiophene rings is 1. The Morgan fingerprint density at radius 3 is 2.58 bits per heavy atom. The first-order valence-electron chi connectivity index (χ1n) is 7.04. The van der Waals surface area contributed by atoms with E-state index < -0.39 is 11.8 Å². The Kier molecular flexibility index (Phi) is 5.53. The minimum Gasteiger partial charge on any atom is -0.462 e. The van der Waals surface area contributed by atoms with Crippen molar-refractivity contribution in [3.8, 4) is 0 Å². The van der Waals surface area contributed by atoms with E-state index in [0.29, 0.717) is 16.3 Å². The molecule has 0 unspecified atom stereocenters. The maximum absolute atomic E-state index is 11.9. The second-order valence-corrected chi connectivity index (χ2v) is 6.71. The molecule has 0 spiro atoms. The molecule has 0 atom stereocenters. The molecular weight excluding hydrogens is 346 g/mol. The molecule has 0 aromatic carbocycles. The van der Waals surface area contributed by atoms with E-state index in [1.54, 1.807) is 18.2 Å². The van der Waals surface area contributed by atoms with Gasteiger partial charge in [0, 0.05) is 11.0 Å². The number of carbonyl (C=O) groups excluding carboxylic acids is 2. The van der Waals surface area contributed by atoms with Crippen LogP contribution in [0, 0.1) is 20.8 Å². The second-order valence-electron chi connectivity index (χ2n) is 5.08. The summed E-state index contributed by atoms with van der Waals surface area (Å²) in [6.07, 6.45) is 2.85. The fourth-order valence-electron chi connectivity index (χ4n) is 2.00. The minimum atomic E-state index is -0.540. The number of nitrogens with one attached hydrogen (secondary N) is 2. The van der Waals surface area contributed by atoms with Crippen molar-refractivity contribution in [1.82, 2.24) is 5.32 Å². The third kappa shape index (κ3) is 4.30. The lowest BCUT2D eigenvalue weighted by molar-refractivity contribution is -0.115. The van der Waals surface area contributed by atoms with Crippen molar-refractivity contribution in [2.45, 2.75) is 20.8 Å². The average molecular weight is 363 g/mol. The van der Waals surface area contributed by atoms with Crippen molar-refractivity contribution in [1.29, 1.82) is 0 Å². The van der Waals surface area contributed by atoms with Crippen LogP contribution in [0.1, 0.15) is 32.3 Å². The molecule has 4 N–H and O–H groups in total. The maximum Gasteiger partial charge on any atom is 0.251 e. The summed E-state index contributed by atoms with van der Waals surface area (Å²) in [6, 6.07) is 3.56. The van der Waals surface area contributed by atoms with Gasteiger partial charge in [-0.25, -0.2) is 0 Å². The molecule has 0 aliphatic heterocycles. The van der Waals surface area contributed by atoms with Gasteiger partial charge in [0.2, 0.25) is 5.91 Å². The van der Waals surface area contributed by atoms with Crippen LogP contribution in [0.2, 0.25) is 0 Å². The summed E-state index contributed by atoms with van der Waals surface area (Å²) in [5.74, 6) is 0.380. The molecule has 24 heavy (non-hydrogen) atoms. The molecule has 0 aliphatic carbocycles. The maximum atomic E-state index is 11.9. The highest BCUT2D eigenvalue weighted by Gasteiger charge is 2.18. The molecule has 2 amide bonds. The van der Waals surface area contributed by atoms with Gasteiger partial charge in [-0.05, 0) is 56.8 Å². The summed E-state index contributed by atoms with van der Waals surface area (Å²) in [6.45, 7) is 5.51. The molecule has 0 fully saturated rings. The first-order chi connectivity index (χ1) is 11.3. The first kappa shape index (κ1) is 17.9. The van der Waals surface area contributed by atoms with Crippen LogP contribution in [0.5, 0.6) is 0 Å². The van der Waals surface area contributed by atoms with Crippen molar-refractivity contribution >= 4 is 51.6 Å². The van der Waals surface area contributed by atoms with Gasteiger partial charge in [-0.3, -0.25) is 14.9 Å². The number of furan rings is 1. The topological polar surface area (TPSA) is 97.4 Å². The van der Waals surface area contributed by atoms with Crippen molar-refractivity contribution in [2.75, 3.05) is 5.32 Å². The first-order valence-corrected chi connectivity index (χ1v) is 8.26. The fourth-order valence-corrected chi connectivity index (χ4v) is 3.34. The molecule has 0 saturated heterocycles. The molecule has 2 heterocycles. The number of primary amides is 1. The summed E-state index contributed by atoms with van der Waals surface area (Å²) >= 11 is 6.45. The monoisotopic (exact) mass is 363 g/mol. The Bertz CT molecular complexity index is 834. The lowest BCUT2D eigenvalue weighted by atomic mass is 10.1. The van der Waals surface area contributed by atoms with Crippen LogP contribution in [0.15, 0.2) is 22.6 Å². The molecule has 0 radical (unpaired) electrons. The van der Waals surface area contributed by atoms with Gasteiger partial charge in [-0.15, -0.1) is 11.3 Å². The number of thiocarbonyl (C=S) groups is 1. The van der Waals surface area contributed by atoms with E-state index in [9.17, 15) is 9.59 Å². The standard InChI is InChI=1S/C16H17N3O3S2/c1-8-4-5-11(22-8)6-7-12(20)18-16(23)19-15-13(14(17)21)9(2)10(3)24-15/h4-7H,1-3H3,(H2,17,21)(H2,18,19,20,23). The van der Waals surface area contributed by atoms with Crippen LogP contribution in [0.3, 0.4) is 0 Å². The zero-order chi connectivity index (χ0) is 17.9. The summed E-state index contributed by atoms with van der Waals surface area (Å²) in [4.78, 5) is 24.4. The zero-order valence-corrected chi connectivity index (χ0v) is 15.1. The number of amides is 2. The van der Waals surface area contributed by atoms with Gasteiger partial charge in [0.25, 0.3) is 5.91 Å². The normalized spacial score (nSPS) is 10.8. The molecule has 0 bridgehead atoms. The predicted molar refractivity (Wildman–Crippen MR) is 99.2 cm³/mol. The van der Waals surface area contributed by atoms with Gasteiger partial charge >= 0.3 is 0 Å². The highest BCUT2D eigenvalue weighted by atomic mass is 32.1. The van der Waals surface area contributed by atoms with Gasteiger partial charge < -0.3 is 15.5 Å². The quantitative estimate of drug-likeness (QED) is 0.573. The largest absolute Gasteiger partial charge is 0.462 e. The van der Waals surface area contributed by atoms with Crippen LogP contribution >= 0.6 is 23.6 Å². The molecule has 0 aliphatic rings. The number of hydrogen-bond acceptors (Lipinski definition) is 5. The van der Waals surface area contributed by atoms with E-state index in [1.165, 1.54) is 17.4 Å². The zero-order valence-electron chi connectivity index (χ0n) is 13.4. The Labute approximate surface area is 148 Å². The highest BCUT2D eigenvalue weighted by Crippen LogP contribution is 2.31. The Hall–Kier alpha value is -2.45. The van der Waals surface area contributed by atoms with Crippen LogP contribution in [-0.2, 0) is 4.79 Å². The lowest BCUT2D eigenvalue weighted by Crippen LogP contribution is -2.33. The van der Waals surface area contributed by atoms with Crippen molar-refractivity contribution in [2.24, 2.45) is 5.73 Å². The minimum absolute atomic E-state index is 0.0871. The molecular formula is C16H17N3O3S2. The Morgan fingerprint density at radius 1 is 1.29 bits per heavy atom. The van der Waals surface area contributed by atoms with Gasteiger partial charge in [-0.2, -0.15) is 0 Å². The summed E-state index contributed by atoms with van der Waals surface area (Å²) in [7, 11) is 0. The van der Waals surface area contributed by atoms with Gasteiger partial charge in [0.1, 0.15) is 16.5 Å². The number of aryl methyl sites for hydroxylation is 2. The van der Waals surface area contributed by atoms with Gasteiger partial charge in [-0.1, -0.05) is 0 Å². The van der Waals surface area contributed by atoms with E-state index in [-0.39, 0.29) is 5.11 Å². The lowest BCUT2D eigenvalue weighted by Gasteiger charge is -2.07. The molecule has 2 aromatic heterocycles. The van der Waals surface area contributed by atoms with Gasteiger partial charge in [0.15, 0.2) is 5.11 Å². The van der Waals surface area contributed by atoms with Crippen molar-refractivity contribution in [3.05, 3.63) is 45.7 Å². The average Bonchev–Trinajstić information content (AvgIpc) is 3.01. The molecule has 6 nitrogen and oxygen atoms in total. The summed E-state index contributed by atoms with van der Waals surface area (Å²) in [5.41, 5.74) is 6.58.